The lowest BCUT2D eigenvalue weighted by molar-refractivity contribution is -0.139. The van der Waals surface area contributed by atoms with Gasteiger partial charge in [0.25, 0.3) is 5.91 Å². The number of rotatable bonds is 7. The fourth-order valence-electron chi connectivity index (χ4n) is 4.07. The highest BCUT2D eigenvalue weighted by Gasteiger charge is 2.29. The third-order valence-electron chi connectivity index (χ3n) is 5.66. The van der Waals surface area contributed by atoms with E-state index >= 15 is 0 Å². The van der Waals surface area contributed by atoms with Gasteiger partial charge < -0.3 is 20.5 Å². The second kappa shape index (κ2) is 9.52. The molecule has 33 heavy (non-hydrogen) atoms. The quantitative estimate of drug-likeness (QED) is 0.515. The van der Waals surface area contributed by atoms with Crippen LogP contribution in [-0.4, -0.2) is 47.8 Å². The first-order valence-corrected chi connectivity index (χ1v) is 10.5. The molecule has 1 aliphatic rings. The van der Waals surface area contributed by atoms with Gasteiger partial charge in [0.15, 0.2) is 0 Å². The first kappa shape index (κ1) is 22.0. The zero-order valence-electron chi connectivity index (χ0n) is 17.9. The Balaban J connectivity index is 1.42. The maximum Gasteiger partial charge on any atom is 0.407 e. The maximum absolute atomic E-state index is 12.5. The summed E-state index contributed by atoms with van der Waals surface area (Å²) < 4.78 is 5.45. The van der Waals surface area contributed by atoms with Gasteiger partial charge >= 0.3 is 12.1 Å². The number of aliphatic carboxylic acids is 1. The van der Waals surface area contributed by atoms with Crippen molar-refractivity contribution in [2.45, 2.75) is 18.4 Å². The first-order chi connectivity index (χ1) is 16.0. The van der Waals surface area contributed by atoms with Crippen molar-refractivity contribution in [1.82, 2.24) is 15.6 Å². The molecule has 8 nitrogen and oxygen atoms in total. The van der Waals surface area contributed by atoms with Gasteiger partial charge in [-0.25, -0.2) is 9.59 Å². The van der Waals surface area contributed by atoms with Gasteiger partial charge in [-0.05, 0) is 39.9 Å². The van der Waals surface area contributed by atoms with Gasteiger partial charge in [0.05, 0.1) is 0 Å². The number of nitrogens with one attached hydrogen (secondary N) is 2. The van der Waals surface area contributed by atoms with Crippen LogP contribution in [0.1, 0.15) is 33.1 Å². The van der Waals surface area contributed by atoms with Crippen LogP contribution in [0.15, 0.2) is 66.9 Å². The van der Waals surface area contributed by atoms with Gasteiger partial charge in [-0.15, -0.1) is 0 Å². The third kappa shape index (κ3) is 4.69. The van der Waals surface area contributed by atoms with E-state index in [1.54, 1.807) is 6.07 Å². The molecule has 0 saturated carbocycles. The molecule has 8 heteroatoms. The number of aromatic nitrogens is 1. The Kier molecular flexibility index (Phi) is 6.35. The molecule has 0 saturated heterocycles. The average Bonchev–Trinajstić information content (AvgIpc) is 3.15. The minimum atomic E-state index is -1.22. The molecule has 0 fully saturated rings. The second-order valence-electron chi connectivity index (χ2n) is 7.69. The lowest BCUT2D eigenvalue weighted by atomic mass is 9.98. The summed E-state index contributed by atoms with van der Waals surface area (Å²) in [5.74, 6) is -1.71. The molecule has 0 bridgehead atoms. The number of hydrogen-bond donors (Lipinski definition) is 3. The SMILES string of the molecule is CNC(=O)c1cc(CC(NC(=O)OCC2c3ccccc3-c3ccccc32)C(=O)O)ccn1. The van der Waals surface area contributed by atoms with Crippen molar-refractivity contribution in [3.05, 3.63) is 89.2 Å². The van der Waals surface area contributed by atoms with Gasteiger partial charge in [-0.3, -0.25) is 9.78 Å². The van der Waals surface area contributed by atoms with E-state index in [0.29, 0.717) is 5.56 Å². The van der Waals surface area contributed by atoms with Crippen LogP contribution in [-0.2, 0) is 16.0 Å². The van der Waals surface area contributed by atoms with Crippen LogP contribution in [0.4, 0.5) is 4.79 Å². The number of benzene rings is 2. The van der Waals surface area contributed by atoms with E-state index in [0.717, 1.165) is 22.3 Å². The normalized spacial score (nSPS) is 12.9. The minimum Gasteiger partial charge on any atom is -0.480 e. The summed E-state index contributed by atoms with van der Waals surface area (Å²) in [6.45, 7) is 0.0856. The van der Waals surface area contributed by atoms with Crippen molar-refractivity contribution >= 4 is 18.0 Å². The number of nitrogens with zero attached hydrogens (tertiary/aromatic N) is 1. The molecule has 1 unspecified atom stereocenters. The monoisotopic (exact) mass is 445 g/mol. The Bertz CT molecular complexity index is 1160. The number of amides is 2. The summed E-state index contributed by atoms with van der Waals surface area (Å²) in [7, 11) is 1.48. The number of fused-ring (bicyclic) bond motifs is 3. The zero-order valence-corrected chi connectivity index (χ0v) is 17.9. The van der Waals surface area contributed by atoms with E-state index in [9.17, 15) is 19.5 Å². The standard InChI is InChI=1S/C25H23N3O5/c1-26-23(29)21-12-15(10-11-27-21)13-22(24(30)31)28-25(32)33-14-20-18-8-4-2-6-16(18)17-7-3-5-9-19(17)20/h2-12,20,22H,13-14H2,1H3,(H,26,29)(H,28,32)(H,30,31). The Morgan fingerprint density at radius 3 is 2.27 bits per heavy atom. The number of hydrogen-bond acceptors (Lipinski definition) is 5. The number of carbonyl (C=O) groups excluding carboxylic acids is 2. The van der Waals surface area contributed by atoms with Crippen molar-refractivity contribution < 1.29 is 24.2 Å². The van der Waals surface area contributed by atoms with E-state index in [-0.39, 0.29) is 30.5 Å². The Labute approximate surface area is 190 Å². The number of carbonyl (C=O) groups is 3. The number of alkyl carbamates (subject to hydrolysis) is 1. The van der Waals surface area contributed by atoms with Gasteiger partial charge in [-0.2, -0.15) is 0 Å². The summed E-state index contributed by atoms with van der Waals surface area (Å²) in [4.78, 5) is 39.9. The van der Waals surface area contributed by atoms with E-state index in [4.69, 9.17) is 4.74 Å². The Hall–Kier alpha value is -4.20. The zero-order chi connectivity index (χ0) is 23.4. The molecule has 2 aromatic carbocycles. The van der Waals surface area contributed by atoms with E-state index in [1.807, 2.05) is 48.5 Å². The largest absolute Gasteiger partial charge is 0.480 e. The summed E-state index contributed by atoms with van der Waals surface area (Å²) in [6.07, 6.45) is 0.586. The topological polar surface area (TPSA) is 118 Å². The summed E-state index contributed by atoms with van der Waals surface area (Å²) in [6, 6.07) is 17.8. The molecule has 4 rings (SSSR count). The Morgan fingerprint density at radius 2 is 1.67 bits per heavy atom. The second-order valence-corrected chi connectivity index (χ2v) is 7.69. The molecule has 1 atom stereocenters. The molecular weight excluding hydrogens is 422 g/mol. The molecular formula is C25H23N3O5. The van der Waals surface area contributed by atoms with Crippen molar-refractivity contribution in [2.24, 2.45) is 0 Å². The molecule has 2 amide bonds. The number of carboxylic acids is 1. The van der Waals surface area contributed by atoms with Crippen LogP contribution in [0.2, 0.25) is 0 Å². The molecule has 0 spiro atoms. The predicted octanol–water partition coefficient (Wildman–Crippen LogP) is 2.98. The summed E-state index contributed by atoms with van der Waals surface area (Å²) in [5.41, 5.74) is 5.07. The molecule has 0 aliphatic heterocycles. The Morgan fingerprint density at radius 1 is 1.03 bits per heavy atom. The van der Waals surface area contributed by atoms with Gasteiger partial charge in [-0.1, -0.05) is 48.5 Å². The van der Waals surface area contributed by atoms with E-state index < -0.39 is 18.1 Å². The van der Waals surface area contributed by atoms with E-state index in [2.05, 4.69) is 15.6 Å². The first-order valence-electron chi connectivity index (χ1n) is 10.5. The summed E-state index contributed by atoms with van der Waals surface area (Å²) in [5, 5.41) is 14.5. The molecule has 1 aliphatic carbocycles. The number of carboxylic acid groups (broad SMARTS) is 1. The van der Waals surface area contributed by atoms with Crippen molar-refractivity contribution in [3.8, 4) is 11.1 Å². The smallest absolute Gasteiger partial charge is 0.407 e. The highest BCUT2D eigenvalue weighted by atomic mass is 16.5. The maximum atomic E-state index is 12.5. The fourth-order valence-corrected chi connectivity index (χ4v) is 4.07. The lowest BCUT2D eigenvalue weighted by Gasteiger charge is -2.17. The van der Waals surface area contributed by atoms with Gasteiger partial charge in [0, 0.05) is 25.6 Å². The van der Waals surface area contributed by atoms with Crippen LogP contribution in [0.5, 0.6) is 0 Å². The van der Waals surface area contributed by atoms with Crippen LogP contribution in [0.25, 0.3) is 11.1 Å². The number of pyridine rings is 1. The van der Waals surface area contributed by atoms with Gasteiger partial charge in [0.1, 0.15) is 18.3 Å². The molecule has 3 aromatic rings. The van der Waals surface area contributed by atoms with Crippen molar-refractivity contribution in [2.75, 3.05) is 13.7 Å². The summed E-state index contributed by atoms with van der Waals surface area (Å²) >= 11 is 0. The highest BCUT2D eigenvalue weighted by Crippen LogP contribution is 2.44. The molecule has 1 heterocycles. The number of ether oxygens (including phenoxy) is 1. The minimum absolute atomic E-state index is 0.0218. The molecule has 1 aromatic heterocycles. The highest BCUT2D eigenvalue weighted by molar-refractivity contribution is 5.92. The van der Waals surface area contributed by atoms with Crippen molar-refractivity contribution in [1.29, 1.82) is 0 Å². The molecule has 0 radical (unpaired) electrons. The fraction of sp³-hybridized carbons (Fsp3) is 0.200. The van der Waals surface area contributed by atoms with E-state index in [1.165, 1.54) is 19.3 Å². The van der Waals surface area contributed by atoms with Crippen LogP contribution in [0.3, 0.4) is 0 Å². The molecule has 3 N–H and O–H groups in total. The van der Waals surface area contributed by atoms with Crippen molar-refractivity contribution in [3.63, 3.8) is 0 Å². The van der Waals surface area contributed by atoms with Crippen LogP contribution >= 0.6 is 0 Å². The third-order valence-corrected chi connectivity index (χ3v) is 5.66. The molecule has 168 valence electrons. The van der Waals surface area contributed by atoms with Crippen LogP contribution < -0.4 is 10.6 Å². The van der Waals surface area contributed by atoms with Crippen LogP contribution in [0, 0.1) is 0 Å². The lowest BCUT2D eigenvalue weighted by Crippen LogP contribution is -2.43. The van der Waals surface area contributed by atoms with Gasteiger partial charge in [0.2, 0.25) is 0 Å². The predicted molar refractivity (Wildman–Crippen MR) is 121 cm³/mol. The average molecular weight is 445 g/mol.